The van der Waals surface area contributed by atoms with E-state index in [4.69, 9.17) is 9.47 Å². The Morgan fingerprint density at radius 1 is 0.944 bits per heavy atom. The summed E-state index contributed by atoms with van der Waals surface area (Å²) < 4.78 is 11.0. The number of nitrogens with zero attached hydrogens (tertiary/aromatic N) is 3. The minimum Gasteiger partial charge on any atom is -0.445 e. The molecule has 204 valence electrons. The zero-order chi connectivity index (χ0) is 27.3. The second-order valence-electron chi connectivity index (χ2n) is 9.66. The zero-order valence-corrected chi connectivity index (χ0v) is 23.4. The molecule has 1 aromatic carbocycles. The Morgan fingerprint density at radius 2 is 1.53 bits per heavy atom. The van der Waals surface area contributed by atoms with E-state index in [1.165, 1.54) is 9.80 Å². The molecule has 0 aliphatic carbocycles. The van der Waals surface area contributed by atoms with Gasteiger partial charge in [-0.15, -0.1) is 0 Å². The number of amides is 3. The molecule has 9 nitrogen and oxygen atoms in total. The van der Waals surface area contributed by atoms with Crippen LogP contribution < -0.4 is 5.32 Å². The molecule has 36 heavy (non-hydrogen) atoms. The highest BCUT2D eigenvalue weighted by Gasteiger charge is 2.43. The van der Waals surface area contributed by atoms with Crippen molar-refractivity contribution in [3.8, 4) is 0 Å². The van der Waals surface area contributed by atoms with Gasteiger partial charge in [0.1, 0.15) is 18.2 Å². The molecule has 1 N–H and O–H groups in total. The number of carbonyl (C=O) groups excluding carboxylic acids is 3. The van der Waals surface area contributed by atoms with Gasteiger partial charge in [-0.3, -0.25) is 9.69 Å². The number of benzene rings is 1. The van der Waals surface area contributed by atoms with Crippen molar-refractivity contribution in [2.45, 2.75) is 79.7 Å². The first-order chi connectivity index (χ1) is 17.0. The van der Waals surface area contributed by atoms with Crippen molar-refractivity contribution in [3.63, 3.8) is 0 Å². The van der Waals surface area contributed by atoms with Gasteiger partial charge in [0, 0.05) is 19.6 Å². The molecule has 1 aromatic rings. The molecule has 1 heterocycles. The van der Waals surface area contributed by atoms with Crippen LogP contribution in [-0.4, -0.2) is 89.7 Å². The maximum absolute atomic E-state index is 13.2. The first-order valence-corrected chi connectivity index (χ1v) is 12.9. The normalized spacial score (nSPS) is 17.6. The van der Waals surface area contributed by atoms with Crippen molar-refractivity contribution in [1.82, 2.24) is 20.0 Å². The number of piperazine rings is 1. The molecule has 0 spiro atoms. The third kappa shape index (κ3) is 10.0. The summed E-state index contributed by atoms with van der Waals surface area (Å²) in [4.78, 5) is 43.5. The van der Waals surface area contributed by atoms with Gasteiger partial charge in [-0.1, -0.05) is 44.2 Å². The monoisotopic (exact) mass is 506 g/mol. The van der Waals surface area contributed by atoms with E-state index >= 15 is 0 Å². The molecule has 3 amide bonds. The lowest BCUT2D eigenvalue weighted by atomic mass is 10.1. The van der Waals surface area contributed by atoms with E-state index in [-0.39, 0.29) is 31.6 Å². The van der Waals surface area contributed by atoms with Gasteiger partial charge in [0.05, 0.1) is 12.6 Å². The van der Waals surface area contributed by atoms with Crippen LogP contribution in [0.1, 0.15) is 61.0 Å². The molecule has 2 rings (SSSR count). The van der Waals surface area contributed by atoms with E-state index in [1.807, 2.05) is 51.1 Å². The molecule has 1 saturated heterocycles. The van der Waals surface area contributed by atoms with Crippen molar-refractivity contribution in [2.75, 3.05) is 39.3 Å². The first-order valence-electron chi connectivity index (χ1n) is 12.9. The molecule has 2 atom stereocenters. The topological polar surface area (TPSA) is 91.4 Å². The average molecular weight is 507 g/mol. The standard InChI is InChI=1S/C23H35N3O5.C4H11N/c1-7-24(8-2)20(27)19-15-25(22(29)31-23(4,5)6)17(3)14-26(19)21(28)30-16-18-12-10-9-11-13-18;1-3-5-4-2/h9-13,17,19H,7-8,14-16H2,1-6H3;5H,3-4H2,1-2H3/t17-,19-;/m1./s1. The summed E-state index contributed by atoms with van der Waals surface area (Å²) in [6, 6.07) is 8.23. The predicted molar refractivity (Wildman–Crippen MR) is 142 cm³/mol. The maximum atomic E-state index is 13.2. The molecule has 1 fully saturated rings. The Hall–Kier alpha value is -2.81. The van der Waals surface area contributed by atoms with Gasteiger partial charge in [0.2, 0.25) is 5.91 Å². The Labute approximate surface area is 217 Å². The number of rotatable bonds is 7. The molecular formula is C27H46N4O5. The van der Waals surface area contributed by atoms with Crippen LogP contribution >= 0.6 is 0 Å². The van der Waals surface area contributed by atoms with Crippen LogP contribution in [0.15, 0.2) is 30.3 Å². The highest BCUT2D eigenvalue weighted by Crippen LogP contribution is 2.22. The third-order valence-electron chi connectivity index (χ3n) is 5.67. The maximum Gasteiger partial charge on any atom is 0.410 e. The molecule has 1 aliphatic heterocycles. The van der Waals surface area contributed by atoms with Crippen LogP contribution in [0.5, 0.6) is 0 Å². The first kappa shape index (κ1) is 31.2. The Morgan fingerprint density at radius 3 is 2.00 bits per heavy atom. The molecule has 0 aromatic heterocycles. The lowest BCUT2D eigenvalue weighted by Crippen LogP contribution is -2.65. The van der Waals surface area contributed by atoms with E-state index < -0.39 is 23.8 Å². The highest BCUT2D eigenvalue weighted by molar-refractivity contribution is 5.87. The zero-order valence-electron chi connectivity index (χ0n) is 23.4. The number of hydrogen-bond donors (Lipinski definition) is 1. The van der Waals surface area contributed by atoms with Crippen molar-refractivity contribution in [1.29, 1.82) is 0 Å². The smallest absolute Gasteiger partial charge is 0.410 e. The van der Waals surface area contributed by atoms with Crippen LogP contribution in [0.3, 0.4) is 0 Å². The van der Waals surface area contributed by atoms with Crippen LogP contribution in [-0.2, 0) is 20.9 Å². The Balaban J connectivity index is 0.00000118. The van der Waals surface area contributed by atoms with Crippen LogP contribution in [0.2, 0.25) is 0 Å². The average Bonchev–Trinajstić information content (AvgIpc) is 2.83. The lowest BCUT2D eigenvalue weighted by Gasteiger charge is -2.44. The van der Waals surface area contributed by atoms with Gasteiger partial charge in [-0.2, -0.15) is 0 Å². The van der Waals surface area contributed by atoms with Gasteiger partial charge < -0.3 is 24.6 Å². The lowest BCUT2D eigenvalue weighted by molar-refractivity contribution is -0.139. The molecule has 9 heteroatoms. The molecule has 0 saturated carbocycles. The Bertz CT molecular complexity index is 806. The fourth-order valence-corrected chi connectivity index (χ4v) is 3.76. The summed E-state index contributed by atoms with van der Waals surface area (Å²) in [5, 5.41) is 3.11. The van der Waals surface area contributed by atoms with E-state index in [1.54, 1.807) is 25.7 Å². The largest absolute Gasteiger partial charge is 0.445 e. The number of ether oxygens (including phenoxy) is 2. The summed E-state index contributed by atoms with van der Waals surface area (Å²) in [7, 11) is 0. The van der Waals surface area contributed by atoms with Gasteiger partial charge in [-0.25, -0.2) is 9.59 Å². The Kier molecular flexibility index (Phi) is 13.3. The van der Waals surface area contributed by atoms with Gasteiger partial charge in [0.15, 0.2) is 0 Å². The summed E-state index contributed by atoms with van der Waals surface area (Å²) >= 11 is 0. The minimum atomic E-state index is -0.827. The SMILES string of the molecule is CCN(CC)C(=O)[C@H]1CN(C(=O)OC(C)(C)C)[C@H](C)CN1C(=O)OCc1ccccc1.CCNCC. The van der Waals surface area contributed by atoms with Crippen molar-refractivity contribution in [3.05, 3.63) is 35.9 Å². The number of hydrogen-bond acceptors (Lipinski definition) is 6. The minimum absolute atomic E-state index is 0.0614. The number of carbonyl (C=O) groups is 3. The molecular weight excluding hydrogens is 460 g/mol. The van der Waals surface area contributed by atoms with Gasteiger partial charge >= 0.3 is 12.2 Å². The fourth-order valence-electron chi connectivity index (χ4n) is 3.76. The second kappa shape index (κ2) is 15.3. The highest BCUT2D eigenvalue weighted by atomic mass is 16.6. The molecule has 0 radical (unpaired) electrons. The molecule has 1 aliphatic rings. The summed E-state index contributed by atoms with van der Waals surface area (Å²) in [6.07, 6.45) is -1.06. The predicted octanol–water partition coefficient (Wildman–Crippen LogP) is 4.12. The van der Waals surface area contributed by atoms with Crippen molar-refractivity contribution < 1.29 is 23.9 Å². The molecule has 0 bridgehead atoms. The number of likely N-dealkylation sites (N-methyl/N-ethyl adjacent to an activating group) is 1. The number of nitrogens with one attached hydrogen (secondary N) is 1. The quantitative estimate of drug-likeness (QED) is 0.598. The van der Waals surface area contributed by atoms with Crippen LogP contribution in [0, 0.1) is 0 Å². The molecule has 0 unspecified atom stereocenters. The van der Waals surface area contributed by atoms with Crippen LogP contribution in [0.25, 0.3) is 0 Å². The van der Waals surface area contributed by atoms with Crippen LogP contribution in [0.4, 0.5) is 9.59 Å². The fraction of sp³-hybridized carbons (Fsp3) is 0.667. The van der Waals surface area contributed by atoms with E-state index in [2.05, 4.69) is 19.2 Å². The summed E-state index contributed by atoms with van der Waals surface area (Å²) in [6.45, 7) is 18.8. The summed E-state index contributed by atoms with van der Waals surface area (Å²) in [5.74, 6) is -0.206. The van der Waals surface area contributed by atoms with E-state index in [0.717, 1.165) is 18.7 Å². The third-order valence-corrected chi connectivity index (χ3v) is 5.67. The van der Waals surface area contributed by atoms with Gasteiger partial charge in [0.25, 0.3) is 0 Å². The van der Waals surface area contributed by atoms with Crippen molar-refractivity contribution in [2.24, 2.45) is 0 Å². The van der Waals surface area contributed by atoms with E-state index in [0.29, 0.717) is 13.1 Å². The second-order valence-corrected chi connectivity index (χ2v) is 9.66. The summed E-state index contributed by atoms with van der Waals surface area (Å²) in [5.41, 5.74) is 0.212. The van der Waals surface area contributed by atoms with E-state index in [9.17, 15) is 14.4 Å². The van der Waals surface area contributed by atoms with Crippen molar-refractivity contribution >= 4 is 18.1 Å². The van der Waals surface area contributed by atoms with Gasteiger partial charge in [-0.05, 0) is 60.2 Å².